The molecule has 1 aromatic rings. The van der Waals surface area contributed by atoms with Crippen LogP contribution in [0.4, 0.5) is 14.9 Å². The fraction of sp³-hybridized carbons (Fsp3) is 0.600. The van der Waals surface area contributed by atoms with Gasteiger partial charge < -0.3 is 21.3 Å². The number of nitrogens with one attached hydrogen (secondary N) is 2. The van der Waals surface area contributed by atoms with Crippen LogP contribution in [0.15, 0.2) is 24.3 Å². The van der Waals surface area contributed by atoms with Crippen LogP contribution in [0, 0.1) is 17.7 Å². The molecule has 1 fully saturated rings. The van der Waals surface area contributed by atoms with Crippen LogP contribution in [0.25, 0.3) is 0 Å². The fourth-order valence-electron chi connectivity index (χ4n) is 3.62. The summed E-state index contributed by atoms with van der Waals surface area (Å²) < 4.78 is 13.7. The first-order valence-electron chi connectivity index (χ1n) is 9.56. The van der Waals surface area contributed by atoms with E-state index in [0.717, 1.165) is 19.3 Å². The van der Waals surface area contributed by atoms with Crippen molar-refractivity contribution in [2.45, 2.75) is 45.6 Å². The van der Waals surface area contributed by atoms with Gasteiger partial charge in [0, 0.05) is 25.2 Å². The summed E-state index contributed by atoms with van der Waals surface area (Å²) in [6, 6.07) is 5.65. The number of likely N-dealkylation sites (tertiary alicyclic amines) is 1. The molecule has 1 aliphatic rings. The lowest BCUT2D eigenvalue weighted by molar-refractivity contribution is -0.128. The molecule has 1 heterocycles. The molecule has 1 aromatic carbocycles. The number of para-hydroxylation sites is 1. The predicted octanol–water partition coefficient (Wildman–Crippen LogP) is 3.37. The van der Waals surface area contributed by atoms with E-state index >= 15 is 0 Å². The van der Waals surface area contributed by atoms with Crippen LogP contribution in [0.5, 0.6) is 0 Å². The molecule has 28 heavy (non-hydrogen) atoms. The topological polar surface area (TPSA) is 87.5 Å². The summed E-state index contributed by atoms with van der Waals surface area (Å²) in [7, 11) is 0. The van der Waals surface area contributed by atoms with Gasteiger partial charge in [0.2, 0.25) is 5.91 Å². The van der Waals surface area contributed by atoms with Gasteiger partial charge in [0.25, 0.3) is 0 Å². The quantitative estimate of drug-likeness (QED) is 0.666. The number of nitrogens with zero attached hydrogens (tertiary/aromatic N) is 1. The third-order valence-electron chi connectivity index (χ3n) is 4.93. The molecule has 0 radical (unpaired) electrons. The molecule has 8 heteroatoms. The maximum absolute atomic E-state index is 13.7. The van der Waals surface area contributed by atoms with Crippen molar-refractivity contribution < 1.29 is 14.0 Å². The van der Waals surface area contributed by atoms with Gasteiger partial charge in [-0.1, -0.05) is 26.0 Å². The van der Waals surface area contributed by atoms with E-state index in [9.17, 15) is 14.0 Å². The van der Waals surface area contributed by atoms with Gasteiger partial charge in [0.1, 0.15) is 5.82 Å². The normalized spacial score (nSPS) is 18.8. The summed E-state index contributed by atoms with van der Waals surface area (Å²) in [5, 5.41) is 5.67. The molecule has 0 aliphatic carbocycles. The van der Waals surface area contributed by atoms with E-state index in [-0.39, 0.29) is 36.0 Å². The van der Waals surface area contributed by atoms with E-state index in [4.69, 9.17) is 5.73 Å². The molecule has 0 saturated carbocycles. The van der Waals surface area contributed by atoms with Gasteiger partial charge in [-0.15, -0.1) is 12.4 Å². The maximum atomic E-state index is 13.7. The molecule has 4 N–H and O–H groups in total. The molecule has 2 rings (SSSR count). The number of rotatable bonds is 6. The van der Waals surface area contributed by atoms with Crippen molar-refractivity contribution in [2.75, 3.05) is 25.0 Å². The Hall–Kier alpha value is -1.86. The Labute approximate surface area is 172 Å². The monoisotopic (exact) mass is 414 g/mol. The van der Waals surface area contributed by atoms with Crippen molar-refractivity contribution in [3.63, 3.8) is 0 Å². The van der Waals surface area contributed by atoms with Crippen LogP contribution >= 0.6 is 12.4 Å². The van der Waals surface area contributed by atoms with Gasteiger partial charge in [0.15, 0.2) is 0 Å². The van der Waals surface area contributed by atoms with Crippen LogP contribution < -0.4 is 16.4 Å². The largest absolute Gasteiger partial charge is 0.349 e. The number of hydrogen-bond donors (Lipinski definition) is 3. The second-order valence-electron chi connectivity index (χ2n) is 8.05. The molecule has 1 saturated heterocycles. The highest BCUT2D eigenvalue weighted by molar-refractivity contribution is 5.90. The summed E-state index contributed by atoms with van der Waals surface area (Å²) in [6.07, 6.45) is 2.24. The summed E-state index contributed by atoms with van der Waals surface area (Å²) in [5.74, 6) is -0.437. The minimum atomic E-state index is -0.482. The van der Waals surface area contributed by atoms with Crippen molar-refractivity contribution in [3.05, 3.63) is 30.1 Å². The summed E-state index contributed by atoms with van der Waals surface area (Å²) in [6.45, 7) is 7.36. The molecule has 0 spiro atoms. The standard InChI is InChI=1S/C20H31FN4O2.ClH/c1-14(2)11-20(3,13-22)24-18(26)15-7-6-10-25(12-15)19(27)23-17-9-5-4-8-16(17)21;/h4-5,8-9,14-15H,6-7,10-13,22H2,1-3H3,(H,23,27)(H,24,26);1H. The third-order valence-corrected chi connectivity index (χ3v) is 4.93. The molecule has 158 valence electrons. The smallest absolute Gasteiger partial charge is 0.321 e. The van der Waals surface area contributed by atoms with E-state index in [1.165, 1.54) is 12.1 Å². The first-order valence-corrected chi connectivity index (χ1v) is 9.56. The zero-order valence-electron chi connectivity index (χ0n) is 16.8. The number of nitrogens with two attached hydrogens (primary N) is 1. The van der Waals surface area contributed by atoms with Gasteiger partial charge in [-0.05, 0) is 44.2 Å². The van der Waals surface area contributed by atoms with Crippen LogP contribution in [-0.2, 0) is 4.79 Å². The Morgan fingerprint density at radius 3 is 2.64 bits per heavy atom. The Bertz CT molecular complexity index is 673. The maximum Gasteiger partial charge on any atom is 0.321 e. The molecule has 6 nitrogen and oxygen atoms in total. The van der Waals surface area contributed by atoms with Crippen molar-refractivity contribution >= 4 is 30.0 Å². The van der Waals surface area contributed by atoms with Crippen LogP contribution in [0.2, 0.25) is 0 Å². The summed E-state index contributed by atoms with van der Waals surface area (Å²) >= 11 is 0. The van der Waals surface area contributed by atoms with Gasteiger partial charge in [-0.3, -0.25) is 4.79 Å². The van der Waals surface area contributed by atoms with E-state index in [2.05, 4.69) is 24.5 Å². The number of amides is 3. The lowest BCUT2D eigenvalue weighted by atomic mass is 9.89. The zero-order valence-corrected chi connectivity index (χ0v) is 17.7. The molecule has 2 unspecified atom stereocenters. The minimum Gasteiger partial charge on any atom is -0.349 e. The highest BCUT2D eigenvalue weighted by Gasteiger charge is 2.33. The van der Waals surface area contributed by atoms with E-state index < -0.39 is 11.4 Å². The Kier molecular flexibility index (Phi) is 9.17. The highest BCUT2D eigenvalue weighted by Crippen LogP contribution is 2.22. The van der Waals surface area contributed by atoms with E-state index in [1.54, 1.807) is 17.0 Å². The van der Waals surface area contributed by atoms with Crippen LogP contribution in [-0.4, -0.2) is 42.0 Å². The second-order valence-corrected chi connectivity index (χ2v) is 8.05. The first kappa shape index (κ1) is 24.2. The molecule has 1 aliphatic heterocycles. The fourth-order valence-corrected chi connectivity index (χ4v) is 3.62. The summed E-state index contributed by atoms with van der Waals surface area (Å²) in [5.41, 5.74) is 5.57. The zero-order chi connectivity index (χ0) is 20.0. The summed E-state index contributed by atoms with van der Waals surface area (Å²) in [4.78, 5) is 26.8. The van der Waals surface area contributed by atoms with Gasteiger partial charge in [-0.25, -0.2) is 9.18 Å². The number of anilines is 1. The molecular weight excluding hydrogens is 383 g/mol. The minimum absolute atomic E-state index is 0. The highest BCUT2D eigenvalue weighted by atomic mass is 35.5. The van der Waals surface area contributed by atoms with Crippen molar-refractivity contribution in [1.29, 1.82) is 0 Å². The number of benzene rings is 1. The molecule has 2 atom stereocenters. The van der Waals surface area contributed by atoms with Crippen molar-refractivity contribution in [1.82, 2.24) is 10.2 Å². The number of piperidine rings is 1. The first-order chi connectivity index (χ1) is 12.7. The third kappa shape index (κ3) is 6.63. The predicted molar refractivity (Wildman–Crippen MR) is 112 cm³/mol. The number of carbonyl (C=O) groups is 2. The Balaban J connectivity index is 0.00000392. The number of carbonyl (C=O) groups excluding carboxylic acids is 2. The second kappa shape index (κ2) is 10.6. The molecule has 3 amide bonds. The van der Waals surface area contributed by atoms with Crippen LogP contribution in [0.1, 0.15) is 40.0 Å². The van der Waals surface area contributed by atoms with E-state index in [1.807, 2.05) is 6.92 Å². The van der Waals surface area contributed by atoms with Gasteiger partial charge in [-0.2, -0.15) is 0 Å². The number of hydrogen-bond acceptors (Lipinski definition) is 3. The molecule has 0 aromatic heterocycles. The Morgan fingerprint density at radius 1 is 1.36 bits per heavy atom. The number of urea groups is 1. The van der Waals surface area contributed by atoms with Crippen LogP contribution in [0.3, 0.4) is 0 Å². The molecular formula is C20H32ClFN4O2. The average Bonchev–Trinajstić information content (AvgIpc) is 2.63. The number of halogens is 2. The van der Waals surface area contributed by atoms with Crippen molar-refractivity contribution in [3.8, 4) is 0 Å². The lowest BCUT2D eigenvalue weighted by Gasteiger charge is -2.36. The Morgan fingerprint density at radius 2 is 2.04 bits per heavy atom. The van der Waals surface area contributed by atoms with E-state index in [0.29, 0.717) is 25.6 Å². The average molecular weight is 415 g/mol. The molecule has 0 bridgehead atoms. The van der Waals surface area contributed by atoms with Gasteiger partial charge in [0.05, 0.1) is 11.6 Å². The van der Waals surface area contributed by atoms with Gasteiger partial charge >= 0.3 is 6.03 Å². The lowest BCUT2D eigenvalue weighted by Crippen LogP contribution is -2.56. The SMILES string of the molecule is CC(C)CC(C)(CN)NC(=O)C1CCCN(C(=O)Nc2ccccc2F)C1.Cl. The van der Waals surface area contributed by atoms with Crippen molar-refractivity contribution in [2.24, 2.45) is 17.6 Å².